The molecule has 0 aliphatic carbocycles. The van der Waals surface area contributed by atoms with E-state index in [9.17, 15) is 14.7 Å². The minimum Gasteiger partial charge on any atom is -0.507 e. The van der Waals surface area contributed by atoms with Gasteiger partial charge in [-0.15, -0.1) is 0 Å². The summed E-state index contributed by atoms with van der Waals surface area (Å²) < 4.78 is 5.68. The highest BCUT2D eigenvalue weighted by Crippen LogP contribution is 2.42. The van der Waals surface area contributed by atoms with Gasteiger partial charge in [0.05, 0.1) is 17.7 Å². The molecule has 2 aliphatic rings. The summed E-state index contributed by atoms with van der Waals surface area (Å²) in [6, 6.07) is 12.7. The third kappa shape index (κ3) is 3.78. The third-order valence-corrected chi connectivity index (χ3v) is 5.88. The molecule has 2 aromatic carbocycles. The third-order valence-electron chi connectivity index (χ3n) is 5.28. The number of amides is 1. The van der Waals surface area contributed by atoms with Gasteiger partial charge in [0.1, 0.15) is 5.76 Å². The number of hydrogen-bond donors (Lipinski definition) is 1. The van der Waals surface area contributed by atoms with E-state index in [1.165, 1.54) is 4.90 Å². The van der Waals surface area contributed by atoms with E-state index in [0.717, 1.165) is 12.8 Å². The zero-order chi connectivity index (χ0) is 20.5. The van der Waals surface area contributed by atoms with E-state index in [1.807, 2.05) is 0 Å². The fourth-order valence-electron chi connectivity index (χ4n) is 3.86. The van der Waals surface area contributed by atoms with E-state index in [0.29, 0.717) is 27.8 Å². The van der Waals surface area contributed by atoms with Crippen molar-refractivity contribution in [3.8, 4) is 0 Å². The number of carbonyl (C=O) groups excluding carboxylic acids is 2. The molecule has 150 valence electrons. The minimum atomic E-state index is -0.788. The lowest BCUT2D eigenvalue weighted by atomic mass is 9.95. The summed E-state index contributed by atoms with van der Waals surface area (Å²) in [5, 5.41) is 11.9. The fourth-order valence-corrected chi connectivity index (χ4v) is 4.22. The highest BCUT2D eigenvalue weighted by molar-refractivity contribution is 6.47. The van der Waals surface area contributed by atoms with Gasteiger partial charge in [0.25, 0.3) is 11.7 Å². The maximum absolute atomic E-state index is 12.9. The normalized spacial score (nSPS) is 23.7. The summed E-state index contributed by atoms with van der Waals surface area (Å²) in [5.74, 6) is -1.65. The fraction of sp³-hybridized carbons (Fsp3) is 0.273. The topological polar surface area (TPSA) is 66.8 Å². The summed E-state index contributed by atoms with van der Waals surface area (Å²) in [6.45, 7) is 0.897. The number of halogens is 2. The minimum absolute atomic E-state index is 0.0171. The zero-order valence-electron chi connectivity index (χ0n) is 15.5. The van der Waals surface area contributed by atoms with Crippen molar-refractivity contribution in [3.63, 3.8) is 0 Å². The SMILES string of the molecule is O=C1C(=O)N(CC2CCCO2)C(c2ccccc2Cl)/C1=C(/O)c1ccc(Cl)cc1. The lowest BCUT2D eigenvalue weighted by Gasteiger charge is -2.28. The maximum atomic E-state index is 12.9. The van der Waals surface area contributed by atoms with Crippen LogP contribution in [0.4, 0.5) is 0 Å². The molecule has 1 amide bonds. The molecule has 2 saturated heterocycles. The van der Waals surface area contributed by atoms with E-state index < -0.39 is 17.7 Å². The van der Waals surface area contributed by atoms with Gasteiger partial charge < -0.3 is 14.7 Å². The maximum Gasteiger partial charge on any atom is 0.295 e. The van der Waals surface area contributed by atoms with Crippen molar-refractivity contribution in [2.45, 2.75) is 25.0 Å². The van der Waals surface area contributed by atoms with Crippen molar-refractivity contribution in [2.75, 3.05) is 13.2 Å². The first-order valence-corrected chi connectivity index (χ1v) is 10.1. The van der Waals surface area contributed by atoms with Crippen LogP contribution in [0.15, 0.2) is 54.1 Å². The number of aliphatic hydroxyl groups excluding tert-OH is 1. The predicted octanol–water partition coefficient (Wildman–Crippen LogP) is 4.59. The summed E-state index contributed by atoms with van der Waals surface area (Å²) in [4.78, 5) is 27.3. The van der Waals surface area contributed by atoms with Gasteiger partial charge in [-0.25, -0.2) is 0 Å². The average molecular weight is 432 g/mol. The Hall–Kier alpha value is -2.34. The number of ketones is 1. The van der Waals surface area contributed by atoms with Crippen LogP contribution in [0.5, 0.6) is 0 Å². The van der Waals surface area contributed by atoms with Gasteiger partial charge in [-0.1, -0.05) is 41.4 Å². The van der Waals surface area contributed by atoms with Crippen LogP contribution >= 0.6 is 23.2 Å². The van der Waals surface area contributed by atoms with Crippen molar-refractivity contribution < 1.29 is 19.4 Å². The van der Waals surface area contributed by atoms with Gasteiger partial charge in [0, 0.05) is 28.8 Å². The van der Waals surface area contributed by atoms with Gasteiger partial charge in [-0.2, -0.15) is 0 Å². The van der Waals surface area contributed by atoms with Gasteiger partial charge in [0.15, 0.2) is 0 Å². The highest BCUT2D eigenvalue weighted by atomic mass is 35.5. The Morgan fingerprint density at radius 3 is 2.48 bits per heavy atom. The average Bonchev–Trinajstić information content (AvgIpc) is 3.31. The molecular formula is C22H19Cl2NO4. The number of hydrogen-bond acceptors (Lipinski definition) is 4. The second kappa shape index (κ2) is 8.19. The molecule has 0 radical (unpaired) electrons. The lowest BCUT2D eigenvalue weighted by molar-refractivity contribution is -0.140. The first-order valence-electron chi connectivity index (χ1n) is 9.37. The van der Waals surface area contributed by atoms with Crippen LogP contribution in [0.2, 0.25) is 10.0 Å². The first-order chi connectivity index (χ1) is 14.0. The van der Waals surface area contributed by atoms with Crippen LogP contribution in [-0.2, 0) is 14.3 Å². The summed E-state index contributed by atoms with van der Waals surface area (Å²) in [5.41, 5.74) is 1.01. The Kier molecular flexibility index (Phi) is 5.63. The number of Topliss-reactive ketones (excluding diaryl/α,β-unsaturated/α-hetero) is 1. The summed E-state index contributed by atoms with van der Waals surface area (Å²) in [6.07, 6.45) is 1.58. The number of likely N-dealkylation sites (tertiary alicyclic amines) is 1. The van der Waals surface area contributed by atoms with Gasteiger partial charge in [-0.05, 0) is 48.7 Å². The molecule has 1 N–H and O–H groups in total. The monoisotopic (exact) mass is 431 g/mol. The first kappa shape index (κ1) is 20.0. The zero-order valence-corrected chi connectivity index (χ0v) is 17.0. The molecule has 2 unspecified atom stereocenters. The molecule has 7 heteroatoms. The van der Waals surface area contributed by atoms with E-state index >= 15 is 0 Å². The van der Waals surface area contributed by atoms with E-state index in [2.05, 4.69) is 0 Å². The molecule has 0 bridgehead atoms. The number of nitrogens with zero attached hydrogens (tertiary/aromatic N) is 1. The Balaban J connectivity index is 1.84. The van der Waals surface area contributed by atoms with Gasteiger partial charge >= 0.3 is 0 Å². The number of carbonyl (C=O) groups is 2. The van der Waals surface area contributed by atoms with Gasteiger partial charge in [0.2, 0.25) is 0 Å². The molecule has 2 atom stereocenters. The Labute approximate surface area is 178 Å². The molecular weight excluding hydrogens is 413 g/mol. The standard InChI is InChI=1S/C22H19Cl2NO4/c23-14-9-7-13(8-10-14)20(26)18-19(16-5-1-2-6-17(16)24)25(22(28)21(18)27)12-15-4-3-11-29-15/h1-2,5-10,15,19,26H,3-4,11-12H2/b20-18-. The second-order valence-electron chi connectivity index (χ2n) is 7.11. The van der Waals surface area contributed by atoms with E-state index in [-0.39, 0.29) is 24.0 Å². The van der Waals surface area contributed by atoms with Crippen LogP contribution in [-0.4, -0.2) is 41.0 Å². The molecule has 29 heavy (non-hydrogen) atoms. The molecule has 2 aliphatic heterocycles. The van der Waals surface area contributed by atoms with Crippen LogP contribution in [0.1, 0.15) is 30.0 Å². The molecule has 0 saturated carbocycles. The lowest BCUT2D eigenvalue weighted by Crippen LogP contribution is -2.36. The second-order valence-corrected chi connectivity index (χ2v) is 7.96. The molecule has 0 spiro atoms. The van der Waals surface area contributed by atoms with E-state index in [1.54, 1.807) is 48.5 Å². The largest absolute Gasteiger partial charge is 0.507 e. The number of ether oxygens (including phenoxy) is 1. The quantitative estimate of drug-likeness (QED) is 0.436. The van der Waals surface area contributed by atoms with Crippen LogP contribution in [0.25, 0.3) is 5.76 Å². The van der Waals surface area contributed by atoms with Crippen LogP contribution < -0.4 is 0 Å². The van der Waals surface area contributed by atoms with Crippen molar-refractivity contribution in [1.29, 1.82) is 0 Å². The highest BCUT2D eigenvalue weighted by Gasteiger charge is 2.47. The number of benzene rings is 2. The Morgan fingerprint density at radius 1 is 1.10 bits per heavy atom. The Morgan fingerprint density at radius 2 is 1.83 bits per heavy atom. The summed E-state index contributed by atoms with van der Waals surface area (Å²) in [7, 11) is 0. The number of aliphatic hydroxyl groups is 1. The molecule has 4 rings (SSSR count). The van der Waals surface area contributed by atoms with Crippen molar-refractivity contribution >= 4 is 40.7 Å². The smallest absolute Gasteiger partial charge is 0.295 e. The Bertz CT molecular complexity index is 981. The van der Waals surface area contributed by atoms with Crippen molar-refractivity contribution in [3.05, 3.63) is 75.3 Å². The molecule has 2 heterocycles. The van der Waals surface area contributed by atoms with Crippen molar-refractivity contribution in [2.24, 2.45) is 0 Å². The van der Waals surface area contributed by atoms with E-state index in [4.69, 9.17) is 27.9 Å². The van der Waals surface area contributed by atoms with Crippen LogP contribution in [0, 0.1) is 0 Å². The van der Waals surface area contributed by atoms with Crippen molar-refractivity contribution in [1.82, 2.24) is 4.90 Å². The molecule has 5 nitrogen and oxygen atoms in total. The predicted molar refractivity (Wildman–Crippen MR) is 111 cm³/mol. The molecule has 0 aromatic heterocycles. The summed E-state index contributed by atoms with van der Waals surface area (Å²) >= 11 is 12.3. The number of rotatable bonds is 4. The van der Waals surface area contributed by atoms with Crippen LogP contribution in [0.3, 0.4) is 0 Å². The molecule has 2 fully saturated rings. The van der Waals surface area contributed by atoms with Gasteiger partial charge in [-0.3, -0.25) is 9.59 Å². The molecule has 2 aromatic rings.